The monoisotopic (exact) mass is 278 g/mol. The van der Waals surface area contributed by atoms with Crippen molar-refractivity contribution in [2.75, 3.05) is 20.2 Å². The molecule has 1 aromatic rings. The van der Waals surface area contributed by atoms with Gasteiger partial charge in [0.15, 0.2) is 0 Å². The van der Waals surface area contributed by atoms with Gasteiger partial charge in [-0.3, -0.25) is 0 Å². The van der Waals surface area contributed by atoms with Crippen molar-refractivity contribution in [1.82, 2.24) is 4.31 Å². The number of hydrogen-bond acceptors (Lipinski definition) is 5. The Balaban J connectivity index is 2.96. The Morgan fingerprint density at radius 3 is 2.71 bits per heavy atom. The number of thiophene rings is 1. The number of nitrogens with zero attached hydrogens (tertiary/aromatic N) is 1. The van der Waals surface area contributed by atoms with Crippen LogP contribution in [0.1, 0.15) is 11.8 Å². The van der Waals surface area contributed by atoms with Crippen molar-refractivity contribution in [2.24, 2.45) is 5.73 Å². The summed E-state index contributed by atoms with van der Waals surface area (Å²) in [6.07, 6.45) is 0.680. The Labute approximate surface area is 106 Å². The highest BCUT2D eigenvalue weighted by Gasteiger charge is 2.26. The third-order valence-electron chi connectivity index (χ3n) is 2.55. The van der Waals surface area contributed by atoms with E-state index in [4.69, 9.17) is 10.8 Å². The van der Waals surface area contributed by atoms with E-state index in [0.29, 0.717) is 17.2 Å². The number of aliphatic hydroxyl groups is 1. The van der Waals surface area contributed by atoms with Gasteiger partial charge < -0.3 is 10.8 Å². The average Bonchev–Trinajstić information content (AvgIpc) is 2.76. The van der Waals surface area contributed by atoms with Crippen LogP contribution < -0.4 is 5.73 Å². The van der Waals surface area contributed by atoms with Crippen molar-refractivity contribution in [2.45, 2.75) is 23.6 Å². The van der Waals surface area contributed by atoms with Crippen LogP contribution in [-0.4, -0.2) is 44.1 Å². The van der Waals surface area contributed by atoms with Crippen LogP contribution in [-0.2, 0) is 16.4 Å². The lowest BCUT2D eigenvalue weighted by molar-refractivity contribution is 0.214. The van der Waals surface area contributed by atoms with E-state index in [2.05, 4.69) is 0 Å². The average molecular weight is 278 g/mol. The van der Waals surface area contributed by atoms with Gasteiger partial charge in [-0.25, -0.2) is 8.42 Å². The molecule has 0 amide bonds. The molecule has 1 unspecified atom stereocenters. The Kier molecular flexibility index (Phi) is 5.08. The zero-order chi connectivity index (χ0) is 13.1. The fourth-order valence-corrected chi connectivity index (χ4v) is 4.18. The first-order valence-corrected chi connectivity index (χ1v) is 7.56. The first-order chi connectivity index (χ1) is 7.93. The number of rotatable bonds is 6. The summed E-state index contributed by atoms with van der Waals surface area (Å²) in [4.78, 5) is 0.955. The Morgan fingerprint density at radius 1 is 1.53 bits per heavy atom. The molecule has 1 rings (SSSR count). The summed E-state index contributed by atoms with van der Waals surface area (Å²) in [5, 5.41) is 8.99. The fourth-order valence-electron chi connectivity index (χ4n) is 1.27. The molecular weight excluding hydrogens is 260 g/mol. The van der Waals surface area contributed by atoms with E-state index in [1.165, 1.54) is 22.7 Å². The zero-order valence-electron chi connectivity index (χ0n) is 9.96. The van der Waals surface area contributed by atoms with Crippen LogP contribution in [0.4, 0.5) is 0 Å². The minimum Gasteiger partial charge on any atom is -0.395 e. The number of hydrogen-bond donors (Lipinski definition) is 2. The van der Waals surface area contributed by atoms with Crippen LogP contribution in [0.2, 0.25) is 0 Å². The quantitative estimate of drug-likeness (QED) is 0.781. The first kappa shape index (κ1) is 14.6. The largest absolute Gasteiger partial charge is 0.395 e. The first-order valence-electron chi connectivity index (χ1n) is 5.31. The van der Waals surface area contributed by atoms with Gasteiger partial charge in [0, 0.05) is 18.0 Å². The maximum Gasteiger partial charge on any atom is 0.252 e. The van der Waals surface area contributed by atoms with Crippen LogP contribution >= 0.6 is 11.3 Å². The van der Waals surface area contributed by atoms with E-state index in [1.807, 2.05) is 0 Å². The molecule has 17 heavy (non-hydrogen) atoms. The van der Waals surface area contributed by atoms with Gasteiger partial charge in [0.25, 0.3) is 10.0 Å². The predicted molar refractivity (Wildman–Crippen MR) is 68.6 cm³/mol. The molecule has 0 radical (unpaired) electrons. The van der Waals surface area contributed by atoms with Crippen molar-refractivity contribution in [3.8, 4) is 0 Å². The summed E-state index contributed by atoms with van der Waals surface area (Å²) in [5.41, 5.74) is 5.42. The molecule has 3 N–H and O–H groups in total. The van der Waals surface area contributed by atoms with E-state index in [1.54, 1.807) is 19.1 Å². The van der Waals surface area contributed by atoms with Gasteiger partial charge in [-0.1, -0.05) is 0 Å². The second-order valence-electron chi connectivity index (χ2n) is 3.81. The molecule has 5 nitrogen and oxygen atoms in total. The highest BCUT2D eigenvalue weighted by molar-refractivity contribution is 7.91. The third kappa shape index (κ3) is 3.26. The Hall–Kier alpha value is -0.470. The van der Waals surface area contributed by atoms with Crippen molar-refractivity contribution in [3.05, 3.63) is 17.0 Å². The number of sulfonamides is 1. The van der Waals surface area contributed by atoms with Gasteiger partial charge in [0.1, 0.15) is 4.21 Å². The highest BCUT2D eigenvalue weighted by atomic mass is 32.2. The number of nitrogens with two attached hydrogens (primary N) is 1. The Morgan fingerprint density at radius 2 is 2.18 bits per heavy atom. The zero-order valence-corrected chi connectivity index (χ0v) is 11.6. The molecule has 7 heteroatoms. The summed E-state index contributed by atoms with van der Waals surface area (Å²) in [6.45, 7) is 1.96. The summed E-state index contributed by atoms with van der Waals surface area (Å²) in [5.74, 6) is 0. The van der Waals surface area contributed by atoms with Gasteiger partial charge >= 0.3 is 0 Å². The lowest BCUT2D eigenvalue weighted by Gasteiger charge is -2.21. The van der Waals surface area contributed by atoms with E-state index in [0.717, 1.165) is 4.88 Å². The molecule has 98 valence electrons. The maximum atomic E-state index is 12.1. The lowest BCUT2D eigenvalue weighted by Crippen LogP contribution is -2.36. The summed E-state index contributed by atoms with van der Waals surface area (Å²) >= 11 is 1.23. The third-order valence-corrected chi connectivity index (χ3v) is 6.13. The van der Waals surface area contributed by atoms with E-state index in [-0.39, 0.29) is 6.61 Å². The SMILES string of the molecule is CC(CO)N(C)S(=O)(=O)c1ccc(CCN)s1. The van der Waals surface area contributed by atoms with E-state index < -0.39 is 16.1 Å². The molecule has 0 aliphatic carbocycles. The topological polar surface area (TPSA) is 83.6 Å². The van der Waals surface area contributed by atoms with Crippen LogP contribution in [0, 0.1) is 0 Å². The standard InChI is InChI=1S/C10H18N2O3S2/c1-8(7-13)12(2)17(14,15)10-4-3-9(16-10)5-6-11/h3-4,8,13H,5-7,11H2,1-2H3. The van der Waals surface area contributed by atoms with Crippen molar-refractivity contribution in [3.63, 3.8) is 0 Å². The van der Waals surface area contributed by atoms with Gasteiger partial charge in [0.2, 0.25) is 0 Å². The maximum absolute atomic E-state index is 12.1. The van der Waals surface area contributed by atoms with Gasteiger partial charge in [-0.05, 0) is 32.0 Å². The molecule has 0 aliphatic rings. The van der Waals surface area contributed by atoms with Crippen LogP contribution in [0.25, 0.3) is 0 Å². The molecule has 0 bridgehead atoms. The molecule has 0 aliphatic heterocycles. The Bertz CT molecular complexity index is 456. The molecule has 1 aromatic heterocycles. The van der Waals surface area contributed by atoms with Crippen LogP contribution in [0.15, 0.2) is 16.3 Å². The smallest absolute Gasteiger partial charge is 0.252 e. The lowest BCUT2D eigenvalue weighted by atomic mass is 10.3. The normalized spacial score (nSPS) is 14.2. The second-order valence-corrected chi connectivity index (χ2v) is 7.20. The van der Waals surface area contributed by atoms with Gasteiger partial charge in [-0.15, -0.1) is 11.3 Å². The molecule has 1 atom stereocenters. The highest BCUT2D eigenvalue weighted by Crippen LogP contribution is 2.25. The molecule has 0 saturated carbocycles. The molecule has 0 aromatic carbocycles. The summed E-state index contributed by atoms with van der Waals surface area (Å²) < 4.78 is 25.8. The molecule has 0 saturated heterocycles. The minimum atomic E-state index is -3.50. The van der Waals surface area contributed by atoms with Crippen LogP contribution in [0.5, 0.6) is 0 Å². The predicted octanol–water partition coefficient (Wildman–Crippen LogP) is 0.251. The molecular formula is C10H18N2O3S2. The van der Waals surface area contributed by atoms with Gasteiger partial charge in [-0.2, -0.15) is 4.31 Å². The van der Waals surface area contributed by atoms with E-state index in [9.17, 15) is 8.42 Å². The molecule has 0 spiro atoms. The van der Waals surface area contributed by atoms with Crippen LogP contribution in [0.3, 0.4) is 0 Å². The molecule has 1 heterocycles. The number of aliphatic hydroxyl groups excluding tert-OH is 1. The van der Waals surface area contributed by atoms with E-state index >= 15 is 0 Å². The summed E-state index contributed by atoms with van der Waals surface area (Å²) in [7, 11) is -2.03. The molecule has 0 fully saturated rings. The van der Waals surface area contributed by atoms with Crippen molar-refractivity contribution in [1.29, 1.82) is 0 Å². The van der Waals surface area contributed by atoms with Crippen molar-refractivity contribution < 1.29 is 13.5 Å². The fraction of sp³-hybridized carbons (Fsp3) is 0.600. The van der Waals surface area contributed by atoms with Crippen molar-refractivity contribution >= 4 is 21.4 Å². The van der Waals surface area contributed by atoms with Gasteiger partial charge in [0.05, 0.1) is 6.61 Å². The minimum absolute atomic E-state index is 0.198. The summed E-state index contributed by atoms with van der Waals surface area (Å²) in [6, 6.07) is 2.94. The number of likely N-dealkylation sites (N-methyl/N-ethyl adjacent to an activating group) is 1. The second kappa shape index (κ2) is 5.92.